The van der Waals surface area contributed by atoms with Crippen LogP contribution >= 0.6 is 0 Å². The lowest BCUT2D eigenvalue weighted by Crippen LogP contribution is -2.32. The number of hydrogen-bond acceptors (Lipinski definition) is 5. The van der Waals surface area contributed by atoms with Crippen LogP contribution in [0.15, 0.2) is 6.20 Å². The Hall–Kier alpha value is -1.96. The lowest BCUT2D eigenvalue weighted by atomic mass is 10.2. The van der Waals surface area contributed by atoms with Gasteiger partial charge in [-0.15, -0.1) is 0 Å². The molecule has 0 radical (unpaired) electrons. The number of aryl methyl sites for hydroxylation is 1. The molecule has 8 heteroatoms. The number of aliphatic carboxylic acids is 1. The molecule has 82 valence electrons. The molecule has 15 heavy (non-hydrogen) atoms. The molecule has 3 N–H and O–H groups in total. The molecule has 0 saturated carbocycles. The number of imidazole rings is 1. The molecule has 1 unspecified atom stereocenters. The van der Waals surface area contributed by atoms with Gasteiger partial charge >= 0.3 is 11.9 Å². The Labute approximate surface area is 84.5 Å². The van der Waals surface area contributed by atoms with E-state index in [4.69, 9.17) is 10.8 Å². The monoisotopic (exact) mass is 214 g/mol. The number of aromatic nitrogens is 2. The summed E-state index contributed by atoms with van der Waals surface area (Å²) in [4.78, 5) is 23.9. The van der Waals surface area contributed by atoms with Crippen molar-refractivity contribution >= 4 is 11.9 Å². The third-order valence-corrected chi connectivity index (χ3v) is 1.81. The molecule has 0 saturated heterocycles. The first-order valence-corrected chi connectivity index (χ1v) is 4.07. The molecule has 0 spiro atoms. The van der Waals surface area contributed by atoms with Crippen LogP contribution in [0, 0.1) is 10.1 Å². The third kappa shape index (κ3) is 2.50. The van der Waals surface area contributed by atoms with Gasteiger partial charge in [-0.05, 0) is 4.92 Å². The Balaban J connectivity index is 2.84. The summed E-state index contributed by atoms with van der Waals surface area (Å²) < 4.78 is 1.21. The van der Waals surface area contributed by atoms with E-state index < -0.39 is 16.9 Å². The van der Waals surface area contributed by atoms with E-state index in [1.54, 1.807) is 0 Å². The van der Waals surface area contributed by atoms with E-state index >= 15 is 0 Å². The molecule has 0 bridgehead atoms. The predicted octanol–water partition coefficient (Wildman–Crippen LogP) is -0.717. The Morgan fingerprint density at radius 1 is 1.87 bits per heavy atom. The molecule has 0 aliphatic heterocycles. The fourth-order valence-corrected chi connectivity index (χ4v) is 1.10. The number of nitro groups is 1. The van der Waals surface area contributed by atoms with Crippen LogP contribution < -0.4 is 5.73 Å². The molecule has 1 rings (SSSR count). The van der Waals surface area contributed by atoms with E-state index in [-0.39, 0.29) is 12.4 Å². The highest BCUT2D eigenvalue weighted by Gasteiger charge is 2.21. The number of rotatable bonds is 4. The Bertz CT molecular complexity index is 400. The fourth-order valence-electron chi connectivity index (χ4n) is 1.10. The summed E-state index contributed by atoms with van der Waals surface area (Å²) in [5.74, 6) is -1.49. The van der Waals surface area contributed by atoms with Gasteiger partial charge in [-0.1, -0.05) is 4.98 Å². The van der Waals surface area contributed by atoms with Crippen LogP contribution in [0.4, 0.5) is 5.95 Å². The molecule has 0 aliphatic carbocycles. The van der Waals surface area contributed by atoms with E-state index in [0.717, 1.165) is 0 Å². The topological polar surface area (TPSA) is 124 Å². The zero-order valence-corrected chi connectivity index (χ0v) is 7.95. The first kappa shape index (κ1) is 11.1. The second-order valence-corrected chi connectivity index (χ2v) is 3.05. The van der Waals surface area contributed by atoms with Crippen molar-refractivity contribution in [3.8, 4) is 0 Å². The SMILES string of the molecule is Cn1cc(CC(N)C(=O)O)nc1[N+](=O)[O-]. The van der Waals surface area contributed by atoms with Crippen LogP contribution in [-0.4, -0.2) is 31.6 Å². The summed E-state index contributed by atoms with van der Waals surface area (Å²) in [6.07, 6.45) is 1.36. The maximum atomic E-state index is 10.4. The van der Waals surface area contributed by atoms with Gasteiger partial charge in [-0.3, -0.25) is 4.79 Å². The van der Waals surface area contributed by atoms with Gasteiger partial charge in [0.05, 0.1) is 7.05 Å². The van der Waals surface area contributed by atoms with Crippen molar-refractivity contribution in [3.05, 3.63) is 22.0 Å². The van der Waals surface area contributed by atoms with Crippen molar-refractivity contribution in [3.63, 3.8) is 0 Å². The van der Waals surface area contributed by atoms with Crippen LogP contribution in [0.1, 0.15) is 5.69 Å². The minimum atomic E-state index is -1.16. The molecule has 0 aliphatic rings. The van der Waals surface area contributed by atoms with E-state index in [1.165, 1.54) is 17.8 Å². The number of carboxylic acid groups (broad SMARTS) is 1. The molecule has 1 aromatic rings. The van der Waals surface area contributed by atoms with Crippen molar-refractivity contribution < 1.29 is 14.8 Å². The summed E-state index contributed by atoms with van der Waals surface area (Å²) >= 11 is 0. The van der Waals surface area contributed by atoms with Gasteiger partial charge in [0, 0.05) is 6.42 Å². The summed E-state index contributed by atoms with van der Waals surface area (Å²) in [5.41, 5.74) is 5.56. The smallest absolute Gasteiger partial charge is 0.434 e. The van der Waals surface area contributed by atoms with Crippen molar-refractivity contribution in [2.45, 2.75) is 12.5 Å². The van der Waals surface area contributed by atoms with Gasteiger partial charge in [0.1, 0.15) is 12.2 Å². The molecular formula is C7H10N4O4. The molecule has 8 nitrogen and oxygen atoms in total. The maximum absolute atomic E-state index is 10.4. The molecule has 0 aromatic carbocycles. The molecular weight excluding hydrogens is 204 g/mol. The summed E-state index contributed by atoms with van der Waals surface area (Å²) in [5, 5.41) is 19.0. The fraction of sp³-hybridized carbons (Fsp3) is 0.429. The Kier molecular flexibility index (Phi) is 3.00. The summed E-state index contributed by atoms with van der Waals surface area (Å²) in [6, 6.07) is -1.10. The molecule has 1 atom stereocenters. The van der Waals surface area contributed by atoms with Crippen LogP contribution in [-0.2, 0) is 18.3 Å². The zero-order valence-electron chi connectivity index (χ0n) is 7.95. The van der Waals surface area contributed by atoms with Crippen molar-refractivity contribution in [1.82, 2.24) is 9.55 Å². The third-order valence-electron chi connectivity index (χ3n) is 1.81. The van der Waals surface area contributed by atoms with Gasteiger partial charge in [-0.2, -0.15) is 0 Å². The average molecular weight is 214 g/mol. The predicted molar refractivity (Wildman–Crippen MR) is 49.2 cm³/mol. The minimum absolute atomic E-state index is 0.0307. The van der Waals surface area contributed by atoms with Crippen molar-refractivity contribution in [1.29, 1.82) is 0 Å². The highest BCUT2D eigenvalue weighted by atomic mass is 16.6. The van der Waals surface area contributed by atoms with Gasteiger partial charge < -0.3 is 21.0 Å². The number of nitrogens with zero attached hydrogens (tertiary/aromatic N) is 3. The standard InChI is InChI=1S/C7H10N4O4/c1-10-3-4(2-5(8)6(12)13)9-7(10)11(14)15/h3,5H,2,8H2,1H3,(H,12,13). The van der Waals surface area contributed by atoms with E-state index in [1.807, 2.05) is 0 Å². The maximum Gasteiger partial charge on any atom is 0.434 e. The van der Waals surface area contributed by atoms with E-state index in [9.17, 15) is 14.9 Å². The molecule has 1 aromatic heterocycles. The van der Waals surface area contributed by atoms with Gasteiger partial charge in [0.15, 0.2) is 5.69 Å². The number of nitrogens with two attached hydrogens (primary N) is 1. The summed E-state index contributed by atoms with van der Waals surface area (Å²) in [6.45, 7) is 0. The second kappa shape index (κ2) is 4.05. The van der Waals surface area contributed by atoms with Crippen molar-refractivity contribution in [2.75, 3.05) is 0 Å². The lowest BCUT2D eigenvalue weighted by molar-refractivity contribution is -0.396. The van der Waals surface area contributed by atoms with Crippen molar-refractivity contribution in [2.24, 2.45) is 12.8 Å². The van der Waals surface area contributed by atoms with E-state index in [2.05, 4.69) is 4.98 Å². The number of hydrogen-bond donors (Lipinski definition) is 2. The largest absolute Gasteiger partial charge is 0.480 e. The van der Waals surface area contributed by atoms with E-state index in [0.29, 0.717) is 5.69 Å². The highest BCUT2D eigenvalue weighted by molar-refractivity contribution is 5.73. The Morgan fingerprint density at radius 2 is 2.47 bits per heavy atom. The van der Waals surface area contributed by atoms with Crippen LogP contribution in [0.3, 0.4) is 0 Å². The van der Waals surface area contributed by atoms with Gasteiger partial charge in [-0.25, -0.2) is 4.57 Å². The highest BCUT2D eigenvalue weighted by Crippen LogP contribution is 2.10. The van der Waals surface area contributed by atoms with Crippen LogP contribution in [0.25, 0.3) is 0 Å². The van der Waals surface area contributed by atoms with Crippen LogP contribution in [0.2, 0.25) is 0 Å². The first-order chi connectivity index (χ1) is 6.91. The van der Waals surface area contributed by atoms with Crippen LogP contribution in [0.5, 0.6) is 0 Å². The molecule has 0 amide bonds. The number of carboxylic acids is 1. The lowest BCUT2D eigenvalue weighted by Gasteiger charge is -1.99. The minimum Gasteiger partial charge on any atom is -0.480 e. The zero-order chi connectivity index (χ0) is 11.6. The van der Waals surface area contributed by atoms with Gasteiger partial charge in [0.2, 0.25) is 0 Å². The first-order valence-electron chi connectivity index (χ1n) is 4.07. The number of carbonyl (C=O) groups is 1. The van der Waals surface area contributed by atoms with Gasteiger partial charge in [0.25, 0.3) is 0 Å². The normalized spacial score (nSPS) is 12.4. The molecule has 1 heterocycles. The Morgan fingerprint density at radius 3 is 2.87 bits per heavy atom. The summed E-state index contributed by atoms with van der Waals surface area (Å²) in [7, 11) is 1.46. The average Bonchev–Trinajstić information content (AvgIpc) is 2.46. The quantitative estimate of drug-likeness (QED) is 0.503. The second-order valence-electron chi connectivity index (χ2n) is 3.05. The molecule has 0 fully saturated rings.